The summed E-state index contributed by atoms with van der Waals surface area (Å²) >= 11 is 13.2. The summed E-state index contributed by atoms with van der Waals surface area (Å²) in [6.07, 6.45) is 1.16. The number of aromatic nitrogens is 1. The van der Waals surface area contributed by atoms with Crippen LogP contribution in [0.4, 0.5) is 20.4 Å². The lowest BCUT2D eigenvalue weighted by Crippen LogP contribution is -2.41. The van der Waals surface area contributed by atoms with Crippen molar-refractivity contribution in [1.82, 2.24) is 9.88 Å². The molecule has 0 radical (unpaired) electrons. The first kappa shape index (κ1) is 17.4. The van der Waals surface area contributed by atoms with Crippen molar-refractivity contribution in [1.29, 1.82) is 0 Å². The molecule has 1 unspecified atom stereocenters. The normalized spacial score (nSPS) is 21.3. The quantitative estimate of drug-likeness (QED) is 0.737. The first-order valence-electron chi connectivity index (χ1n) is 7.86. The van der Waals surface area contributed by atoms with Crippen molar-refractivity contribution >= 4 is 57.5 Å². The van der Waals surface area contributed by atoms with E-state index in [1.54, 1.807) is 17.0 Å². The third-order valence-corrected chi connectivity index (χ3v) is 6.11. The van der Waals surface area contributed by atoms with Gasteiger partial charge in [-0.15, -0.1) is 0 Å². The summed E-state index contributed by atoms with van der Waals surface area (Å²) in [5.74, 6) is 0. The summed E-state index contributed by atoms with van der Waals surface area (Å²) in [7, 11) is 0. The zero-order valence-electron chi connectivity index (χ0n) is 13.4. The Kier molecular flexibility index (Phi) is 4.21. The van der Waals surface area contributed by atoms with Gasteiger partial charge in [0, 0.05) is 35.8 Å². The number of hydrogen-bond donors (Lipinski definition) is 2. The van der Waals surface area contributed by atoms with Crippen LogP contribution in [0, 0.1) is 0 Å². The zero-order valence-corrected chi connectivity index (χ0v) is 15.7. The van der Waals surface area contributed by atoms with E-state index in [2.05, 4.69) is 10.3 Å². The minimum atomic E-state index is -0.953. The van der Waals surface area contributed by atoms with Gasteiger partial charge in [0.1, 0.15) is 4.34 Å². The number of anilines is 2. The number of amides is 3. The summed E-state index contributed by atoms with van der Waals surface area (Å²) in [4.78, 5) is 31.2. The number of urea groups is 1. The molecule has 2 aromatic rings. The summed E-state index contributed by atoms with van der Waals surface area (Å²) in [6.45, 7) is 1.15. The van der Waals surface area contributed by atoms with E-state index in [-0.39, 0.29) is 6.03 Å². The average Bonchev–Trinajstić information content (AvgIpc) is 3.27. The SMILES string of the molecule is O=C(O)N1CCC2(C1)CN(C(=O)Nc1ncc(Cl)s1)c1ccc(Cl)cc12. The highest BCUT2D eigenvalue weighted by molar-refractivity contribution is 7.19. The van der Waals surface area contributed by atoms with Gasteiger partial charge in [-0.25, -0.2) is 14.6 Å². The third-order valence-electron chi connectivity index (χ3n) is 4.84. The number of rotatable bonds is 1. The monoisotopic (exact) mass is 412 g/mol. The second-order valence-corrected chi connectivity index (χ2v) is 8.48. The van der Waals surface area contributed by atoms with E-state index < -0.39 is 11.5 Å². The number of carbonyl (C=O) groups excluding carboxylic acids is 1. The van der Waals surface area contributed by atoms with Crippen molar-refractivity contribution in [3.8, 4) is 0 Å². The number of benzene rings is 1. The van der Waals surface area contributed by atoms with Crippen LogP contribution in [0.25, 0.3) is 0 Å². The van der Waals surface area contributed by atoms with Gasteiger partial charge in [0.05, 0.1) is 6.20 Å². The number of likely N-dealkylation sites (tertiary alicyclic amines) is 1. The van der Waals surface area contributed by atoms with Crippen LogP contribution in [-0.4, -0.2) is 46.7 Å². The number of carboxylic acid groups (broad SMARTS) is 1. The Morgan fingerprint density at radius 3 is 2.77 bits per heavy atom. The van der Waals surface area contributed by atoms with Crippen molar-refractivity contribution in [3.05, 3.63) is 39.3 Å². The van der Waals surface area contributed by atoms with E-state index >= 15 is 0 Å². The van der Waals surface area contributed by atoms with Crippen molar-refractivity contribution in [2.75, 3.05) is 29.9 Å². The highest BCUT2D eigenvalue weighted by atomic mass is 35.5. The standard InChI is InChI=1S/C16H14Cl2N4O3S/c17-9-1-2-11-10(5-9)16(3-4-21(7-16)15(24)25)8-22(11)14(23)20-13-19-6-12(18)26-13/h1-2,5-6H,3-4,7-8H2,(H,24,25)(H,19,20,23). The Morgan fingerprint density at radius 2 is 2.12 bits per heavy atom. The molecule has 1 atom stereocenters. The topological polar surface area (TPSA) is 85.8 Å². The molecular weight excluding hydrogens is 399 g/mol. The maximum absolute atomic E-state index is 12.8. The molecule has 136 valence electrons. The van der Waals surface area contributed by atoms with Crippen molar-refractivity contribution < 1.29 is 14.7 Å². The molecule has 2 aliphatic heterocycles. The van der Waals surface area contributed by atoms with Gasteiger partial charge in [0.2, 0.25) is 0 Å². The molecule has 2 aliphatic rings. The minimum absolute atomic E-state index is 0.328. The van der Waals surface area contributed by atoms with Gasteiger partial charge in [-0.05, 0) is 30.2 Å². The highest BCUT2D eigenvalue weighted by Crippen LogP contribution is 2.47. The smallest absolute Gasteiger partial charge is 0.407 e. The summed E-state index contributed by atoms with van der Waals surface area (Å²) in [5, 5.41) is 13.0. The van der Waals surface area contributed by atoms with Gasteiger partial charge in [-0.1, -0.05) is 34.5 Å². The Hall–Kier alpha value is -2.03. The molecule has 0 saturated carbocycles. The van der Waals surface area contributed by atoms with Crippen LogP contribution >= 0.6 is 34.5 Å². The lowest BCUT2D eigenvalue weighted by Gasteiger charge is -2.25. The van der Waals surface area contributed by atoms with Gasteiger partial charge in [0.25, 0.3) is 0 Å². The number of hydrogen-bond acceptors (Lipinski definition) is 4. The Morgan fingerprint density at radius 1 is 1.31 bits per heavy atom. The molecule has 10 heteroatoms. The second-order valence-electron chi connectivity index (χ2n) is 6.38. The first-order chi connectivity index (χ1) is 12.4. The van der Waals surface area contributed by atoms with Gasteiger partial charge in [0.15, 0.2) is 5.13 Å². The molecule has 4 rings (SSSR count). The number of fused-ring (bicyclic) bond motifs is 2. The predicted molar refractivity (Wildman–Crippen MR) is 101 cm³/mol. The summed E-state index contributed by atoms with van der Waals surface area (Å²) < 4.78 is 0.485. The average molecular weight is 413 g/mol. The molecule has 1 spiro atoms. The molecule has 0 aliphatic carbocycles. The number of nitrogens with one attached hydrogen (secondary N) is 1. The lowest BCUT2D eigenvalue weighted by molar-refractivity contribution is 0.153. The maximum Gasteiger partial charge on any atom is 0.407 e. The van der Waals surface area contributed by atoms with E-state index in [0.29, 0.717) is 40.5 Å². The minimum Gasteiger partial charge on any atom is -0.465 e. The summed E-state index contributed by atoms with van der Waals surface area (Å²) in [6, 6.07) is 5.02. The van der Waals surface area contributed by atoms with Crippen molar-refractivity contribution in [3.63, 3.8) is 0 Å². The molecule has 1 saturated heterocycles. The van der Waals surface area contributed by atoms with E-state index in [4.69, 9.17) is 23.2 Å². The van der Waals surface area contributed by atoms with E-state index in [9.17, 15) is 14.7 Å². The highest BCUT2D eigenvalue weighted by Gasteiger charge is 2.50. The summed E-state index contributed by atoms with van der Waals surface area (Å²) in [5.41, 5.74) is 1.19. The molecule has 7 nitrogen and oxygen atoms in total. The zero-order chi connectivity index (χ0) is 18.5. The molecule has 3 amide bonds. The molecule has 1 fully saturated rings. The van der Waals surface area contributed by atoms with E-state index in [1.807, 2.05) is 6.07 Å². The van der Waals surface area contributed by atoms with Crippen LogP contribution in [0.5, 0.6) is 0 Å². The van der Waals surface area contributed by atoms with Crippen LogP contribution in [0.15, 0.2) is 24.4 Å². The van der Waals surface area contributed by atoms with Gasteiger partial charge < -0.3 is 10.0 Å². The Balaban J connectivity index is 1.66. The fourth-order valence-electron chi connectivity index (χ4n) is 3.68. The van der Waals surface area contributed by atoms with Crippen LogP contribution < -0.4 is 10.2 Å². The molecule has 1 aromatic heterocycles. The van der Waals surface area contributed by atoms with Crippen LogP contribution in [0.2, 0.25) is 9.36 Å². The van der Waals surface area contributed by atoms with Crippen LogP contribution in [0.1, 0.15) is 12.0 Å². The van der Waals surface area contributed by atoms with Gasteiger partial charge in [-0.3, -0.25) is 10.2 Å². The first-order valence-corrected chi connectivity index (χ1v) is 9.43. The van der Waals surface area contributed by atoms with Crippen LogP contribution in [-0.2, 0) is 5.41 Å². The fourth-order valence-corrected chi connectivity index (χ4v) is 4.65. The number of thiazole rings is 1. The Labute approximate surface area is 163 Å². The van der Waals surface area contributed by atoms with E-state index in [1.165, 1.54) is 22.4 Å². The fraction of sp³-hybridized carbons (Fsp3) is 0.312. The Bertz CT molecular complexity index is 905. The van der Waals surface area contributed by atoms with Gasteiger partial charge >= 0.3 is 12.1 Å². The van der Waals surface area contributed by atoms with Gasteiger partial charge in [-0.2, -0.15) is 0 Å². The molecule has 1 aromatic carbocycles. The molecular formula is C16H14Cl2N4O3S. The molecule has 26 heavy (non-hydrogen) atoms. The number of carbonyl (C=O) groups is 2. The molecule has 0 bridgehead atoms. The van der Waals surface area contributed by atoms with Crippen LogP contribution in [0.3, 0.4) is 0 Å². The largest absolute Gasteiger partial charge is 0.465 e. The third kappa shape index (κ3) is 2.87. The predicted octanol–water partition coefficient (Wildman–Crippen LogP) is 4.12. The van der Waals surface area contributed by atoms with Crippen molar-refractivity contribution in [2.45, 2.75) is 11.8 Å². The van der Waals surface area contributed by atoms with E-state index in [0.717, 1.165) is 11.3 Å². The second kappa shape index (κ2) is 6.29. The number of nitrogens with zero attached hydrogens (tertiary/aromatic N) is 3. The molecule has 3 heterocycles. The molecule has 2 N–H and O–H groups in total. The lowest BCUT2D eigenvalue weighted by atomic mass is 9.81. The van der Waals surface area contributed by atoms with Crippen molar-refractivity contribution in [2.24, 2.45) is 0 Å². The maximum atomic E-state index is 12.8. The number of halogens is 2.